The van der Waals surface area contributed by atoms with Gasteiger partial charge in [0.05, 0.1) is 5.60 Å². The van der Waals surface area contributed by atoms with Gasteiger partial charge >= 0.3 is 0 Å². The molecular formula is C20H25IO2. The molecule has 5 atom stereocenters. The van der Waals surface area contributed by atoms with Crippen LogP contribution in [0.4, 0.5) is 0 Å². The number of rotatable bonds is 1. The van der Waals surface area contributed by atoms with E-state index < -0.39 is 5.60 Å². The van der Waals surface area contributed by atoms with Crippen LogP contribution in [0.1, 0.15) is 56.1 Å². The van der Waals surface area contributed by atoms with Crippen molar-refractivity contribution in [2.24, 2.45) is 17.3 Å². The van der Waals surface area contributed by atoms with Crippen molar-refractivity contribution in [3.8, 4) is 5.75 Å². The summed E-state index contributed by atoms with van der Waals surface area (Å²) >= 11 is 2.23. The van der Waals surface area contributed by atoms with E-state index in [-0.39, 0.29) is 5.41 Å². The summed E-state index contributed by atoms with van der Waals surface area (Å²) in [6.07, 6.45) is 8.61. The molecule has 0 bridgehead atoms. The van der Waals surface area contributed by atoms with Gasteiger partial charge in [0.1, 0.15) is 5.75 Å². The van der Waals surface area contributed by atoms with Gasteiger partial charge in [0.2, 0.25) is 0 Å². The van der Waals surface area contributed by atoms with Crippen LogP contribution in [-0.4, -0.2) is 15.8 Å². The third-order valence-corrected chi connectivity index (χ3v) is 7.62. The molecule has 124 valence electrons. The number of hydrogen-bond donors (Lipinski definition) is 2. The van der Waals surface area contributed by atoms with Crippen LogP contribution in [0, 0.1) is 17.3 Å². The van der Waals surface area contributed by atoms with Crippen LogP contribution >= 0.6 is 22.6 Å². The highest BCUT2D eigenvalue weighted by Gasteiger charge is 2.60. The molecule has 2 fully saturated rings. The Bertz CT molecular complexity index is 655. The van der Waals surface area contributed by atoms with Crippen molar-refractivity contribution in [3.63, 3.8) is 0 Å². The topological polar surface area (TPSA) is 40.5 Å². The van der Waals surface area contributed by atoms with Gasteiger partial charge in [0.25, 0.3) is 0 Å². The van der Waals surface area contributed by atoms with E-state index in [0.29, 0.717) is 23.5 Å². The highest BCUT2D eigenvalue weighted by atomic mass is 127. The molecule has 1 aromatic rings. The van der Waals surface area contributed by atoms with E-state index in [1.165, 1.54) is 17.5 Å². The summed E-state index contributed by atoms with van der Waals surface area (Å²) in [6.45, 7) is 2.32. The van der Waals surface area contributed by atoms with E-state index in [2.05, 4.69) is 35.6 Å². The highest BCUT2D eigenvalue weighted by molar-refractivity contribution is 14.1. The van der Waals surface area contributed by atoms with E-state index in [9.17, 15) is 10.2 Å². The second-order valence-electron chi connectivity index (χ2n) is 8.01. The molecule has 0 saturated heterocycles. The molecule has 3 aliphatic carbocycles. The molecule has 0 amide bonds. The van der Waals surface area contributed by atoms with Gasteiger partial charge in [-0.05, 0) is 89.7 Å². The molecule has 4 rings (SSSR count). The number of aliphatic hydroxyl groups is 1. The van der Waals surface area contributed by atoms with Crippen LogP contribution in [0.25, 0.3) is 0 Å². The quantitative estimate of drug-likeness (QED) is 0.628. The maximum atomic E-state index is 11.2. The molecule has 3 heteroatoms. The normalized spacial score (nSPS) is 42.3. The van der Waals surface area contributed by atoms with Crippen LogP contribution in [0.5, 0.6) is 5.75 Å². The van der Waals surface area contributed by atoms with Gasteiger partial charge in [0, 0.05) is 5.41 Å². The summed E-state index contributed by atoms with van der Waals surface area (Å²) in [4.78, 5) is 0. The maximum Gasteiger partial charge on any atom is 0.115 e. The smallest absolute Gasteiger partial charge is 0.115 e. The number of halogens is 1. The van der Waals surface area contributed by atoms with Gasteiger partial charge in [-0.3, -0.25) is 0 Å². The molecule has 2 nitrogen and oxygen atoms in total. The number of aromatic hydroxyl groups is 1. The molecule has 0 aromatic heterocycles. The summed E-state index contributed by atoms with van der Waals surface area (Å²) in [5.41, 5.74) is 2.19. The Balaban J connectivity index is 1.70. The predicted octanol–water partition coefficient (Wildman–Crippen LogP) is 4.93. The molecule has 0 radical (unpaired) electrons. The van der Waals surface area contributed by atoms with Gasteiger partial charge in [0.15, 0.2) is 0 Å². The summed E-state index contributed by atoms with van der Waals surface area (Å²) in [7, 11) is 0. The van der Waals surface area contributed by atoms with Crippen LogP contribution in [0.2, 0.25) is 0 Å². The number of benzene rings is 1. The Labute approximate surface area is 152 Å². The Hall–Kier alpha value is -0.550. The minimum atomic E-state index is -0.626. The van der Waals surface area contributed by atoms with Crippen molar-refractivity contribution in [1.29, 1.82) is 0 Å². The highest BCUT2D eigenvalue weighted by Crippen LogP contribution is 2.64. The Morgan fingerprint density at radius 3 is 2.83 bits per heavy atom. The largest absolute Gasteiger partial charge is 0.508 e. The fourth-order valence-corrected chi connectivity index (χ4v) is 6.59. The SMILES string of the molecule is C[C@]12CC[C@@H]3c4ccc(O)cc4CC[C@H]3[C@@H]1CC[C@@]2(O)/C=C\I. The average molecular weight is 424 g/mol. The third kappa shape index (κ3) is 2.22. The molecule has 23 heavy (non-hydrogen) atoms. The van der Waals surface area contributed by atoms with Crippen LogP contribution in [0.15, 0.2) is 28.4 Å². The Morgan fingerprint density at radius 2 is 2.04 bits per heavy atom. The second-order valence-corrected chi connectivity index (χ2v) is 8.73. The summed E-state index contributed by atoms with van der Waals surface area (Å²) < 4.78 is 2.00. The monoisotopic (exact) mass is 424 g/mol. The summed E-state index contributed by atoms with van der Waals surface area (Å²) in [6, 6.07) is 5.96. The van der Waals surface area contributed by atoms with E-state index in [4.69, 9.17) is 0 Å². The average Bonchev–Trinajstić information content (AvgIpc) is 2.79. The number of phenolic OH excluding ortho intramolecular Hbond substituents is 1. The van der Waals surface area contributed by atoms with E-state index in [1.54, 1.807) is 0 Å². The first-order valence-electron chi connectivity index (χ1n) is 8.80. The first-order chi connectivity index (χ1) is 11.0. The van der Waals surface area contributed by atoms with Gasteiger partial charge in [-0.2, -0.15) is 0 Å². The van der Waals surface area contributed by atoms with E-state index in [0.717, 1.165) is 32.1 Å². The van der Waals surface area contributed by atoms with E-state index in [1.807, 2.05) is 22.3 Å². The number of aryl methyl sites for hydroxylation is 1. The fraction of sp³-hybridized carbons (Fsp3) is 0.600. The van der Waals surface area contributed by atoms with Gasteiger partial charge in [-0.25, -0.2) is 0 Å². The van der Waals surface area contributed by atoms with E-state index >= 15 is 0 Å². The van der Waals surface area contributed by atoms with Crippen LogP contribution in [-0.2, 0) is 6.42 Å². The molecule has 0 aliphatic heterocycles. The number of hydrogen-bond acceptors (Lipinski definition) is 2. The fourth-order valence-electron chi connectivity index (χ4n) is 6.00. The minimum absolute atomic E-state index is 0.0181. The zero-order chi connectivity index (χ0) is 16.2. The molecule has 2 N–H and O–H groups in total. The lowest BCUT2D eigenvalue weighted by Gasteiger charge is -2.52. The first-order valence-corrected chi connectivity index (χ1v) is 10.1. The minimum Gasteiger partial charge on any atom is -0.508 e. The Kier molecular flexibility index (Phi) is 3.80. The van der Waals surface area contributed by atoms with Crippen molar-refractivity contribution in [2.45, 2.75) is 57.0 Å². The molecule has 3 aliphatic rings. The maximum absolute atomic E-state index is 11.2. The standard InChI is InChI=1S/C20H25IO2/c1-19-8-6-16-15-5-3-14(22)12-13(15)2-4-17(16)18(19)7-9-20(19,23)10-11-21/h3,5,10-12,16-18,22-23H,2,4,6-9H2,1H3/b11-10-/t16-,17-,18+,19+,20-/m1/s1. The molecule has 0 unspecified atom stereocenters. The van der Waals surface area contributed by atoms with Gasteiger partial charge in [-0.1, -0.05) is 35.6 Å². The second kappa shape index (κ2) is 5.48. The summed E-state index contributed by atoms with van der Waals surface area (Å²) in [5, 5.41) is 21.0. The Morgan fingerprint density at radius 1 is 1.22 bits per heavy atom. The third-order valence-electron chi connectivity index (χ3n) is 7.26. The van der Waals surface area contributed by atoms with Crippen molar-refractivity contribution in [3.05, 3.63) is 39.5 Å². The molecule has 1 aromatic carbocycles. The van der Waals surface area contributed by atoms with Crippen LogP contribution < -0.4 is 0 Å². The molecular weight excluding hydrogens is 399 g/mol. The lowest BCUT2D eigenvalue weighted by molar-refractivity contribution is -0.0708. The zero-order valence-electron chi connectivity index (χ0n) is 13.6. The van der Waals surface area contributed by atoms with Crippen LogP contribution in [0.3, 0.4) is 0 Å². The lowest BCUT2D eigenvalue weighted by Crippen LogP contribution is -2.49. The van der Waals surface area contributed by atoms with Crippen molar-refractivity contribution in [2.75, 3.05) is 0 Å². The number of phenols is 1. The number of fused-ring (bicyclic) bond motifs is 5. The van der Waals surface area contributed by atoms with Crippen molar-refractivity contribution < 1.29 is 10.2 Å². The zero-order valence-corrected chi connectivity index (χ0v) is 15.8. The first kappa shape index (κ1) is 15.9. The van der Waals surface area contributed by atoms with Gasteiger partial charge < -0.3 is 10.2 Å². The molecule has 0 spiro atoms. The van der Waals surface area contributed by atoms with Gasteiger partial charge in [-0.15, -0.1) is 0 Å². The molecule has 2 saturated carbocycles. The van der Waals surface area contributed by atoms with Crippen molar-refractivity contribution >= 4 is 22.6 Å². The lowest BCUT2D eigenvalue weighted by atomic mass is 9.53. The summed E-state index contributed by atoms with van der Waals surface area (Å²) in [5.74, 6) is 2.30. The molecule has 0 heterocycles. The predicted molar refractivity (Wildman–Crippen MR) is 101 cm³/mol. The van der Waals surface area contributed by atoms with Crippen molar-refractivity contribution in [1.82, 2.24) is 0 Å².